The molecule has 1 N–H and O–H groups in total. The molecule has 18 heavy (non-hydrogen) atoms. The predicted octanol–water partition coefficient (Wildman–Crippen LogP) is -5.78. The standard InChI is InChI=1S/C7H7ClN2O4S2.2Na/c8-5-1-2-6(9-3-5)10-7(11)4-15-16(12,13)14;;/h1-3H,4H2,(H2-,9,10,11,12,13,14);;/q;2*+1/p-1. The third kappa shape index (κ3) is 10.0. The van der Waals surface area contributed by atoms with Gasteiger partial charge in [0.1, 0.15) is 5.82 Å². The van der Waals surface area contributed by atoms with Crippen LogP contribution in [0.3, 0.4) is 0 Å². The third-order valence-electron chi connectivity index (χ3n) is 1.33. The second-order valence-electron chi connectivity index (χ2n) is 2.58. The molecule has 0 fully saturated rings. The molecule has 1 aromatic heterocycles. The first-order valence-corrected chi connectivity index (χ1v) is 7.17. The number of nitrogens with one attached hydrogen (secondary N) is 1. The maximum Gasteiger partial charge on any atom is 1.00 e. The summed E-state index contributed by atoms with van der Waals surface area (Å²) in [5.41, 5.74) is 0. The number of halogens is 1. The second kappa shape index (κ2) is 10.0. The maximum absolute atomic E-state index is 11.1. The summed E-state index contributed by atoms with van der Waals surface area (Å²) in [5.74, 6) is -0.867. The van der Waals surface area contributed by atoms with Gasteiger partial charge in [-0.25, -0.2) is 9.19 Å². The van der Waals surface area contributed by atoms with E-state index in [0.717, 1.165) is 0 Å². The van der Waals surface area contributed by atoms with Gasteiger partial charge in [-0.2, -0.15) is 0 Å². The Labute approximate surface area is 157 Å². The van der Waals surface area contributed by atoms with Crippen molar-refractivity contribution >= 4 is 42.7 Å². The molecule has 0 aromatic carbocycles. The van der Waals surface area contributed by atoms with E-state index in [0.29, 0.717) is 5.02 Å². The first-order chi connectivity index (χ1) is 7.37. The molecule has 88 valence electrons. The van der Waals surface area contributed by atoms with Crippen LogP contribution >= 0.6 is 11.6 Å². The van der Waals surface area contributed by atoms with Crippen molar-refractivity contribution in [2.75, 3.05) is 11.1 Å². The number of rotatable bonds is 3. The van der Waals surface area contributed by atoms with Gasteiger partial charge in [0.25, 0.3) is 11.7 Å². The molecule has 6 nitrogen and oxygen atoms in total. The molecule has 1 rings (SSSR count). The predicted molar refractivity (Wildman–Crippen MR) is 59.8 cm³/mol. The molecule has 1 heterocycles. The van der Waals surface area contributed by atoms with Crippen LogP contribution in [0.1, 0.15) is 0 Å². The summed E-state index contributed by atoms with van der Waals surface area (Å²) in [4.78, 5) is 14.9. The van der Waals surface area contributed by atoms with Crippen molar-refractivity contribution in [3.63, 3.8) is 0 Å². The van der Waals surface area contributed by atoms with E-state index in [1.165, 1.54) is 18.3 Å². The number of anilines is 1. The topological polar surface area (TPSA) is 105 Å². The quantitative estimate of drug-likeness (QED) is 0.440. The summed E-state index contributed by atoms with van der Waals surface area (Å²) in [7, 11) is -4.44. The van der Waals surface area contributed by atoms with E-state index in [9.17, 15) is 18.1 Å². The molecule has 0 unspecified atom stereocenters. The molecular formula is C7H6ClN2Na2O4S2+. The number of aromatic nitrogens is 1. The van der Waals surface area contributed by atoms with E-state index < -0.39 is 20.7 Å². The zero-order valence-electron chi connectivity index (χ0n) is 9.71. The van der Waals surface area contributed by atoms with Crippen LogP contribution in [0.4, 0.5) is 5.82 Å². The Balaban J connectivity index is 0. The van der Waals surface area contributed by atoms with Crippen molar-refractivity contribution in [1.82, 2.24) is 4.98 Å². The van der Waals surface area contributed by atoms with Crippen molar-refractivity contribution in [2.45, 2.75) is 0 Å². The van der Waals surface area contributed by atoms with E-state index in [1.54, 1.807) is 0 Å². The maximum atomic E-state index is 11.1. The molecule has 1 amide bonds. The first-order valence-electron chi connectivity index (χ1n) is 3.88. The van der Waals surface area contributed by atoms with Gasteiger partial charge in [-0.05, 0) is 12.1 Å². The fraction of sp³-hybridized carbons (Fsp3) is 0.143. The molecule has 0 aliphatic heterocycles. The van der Waals surface area contributed by atoms with Crippen LogP contribution in [0.15, 0.2) is 18.3 Å². The minimum absolute atomic E-state index is 0. The fourth-order valence-corrected chi connectivity index (χ4v) is 1.94. The molecule has 0 radical (unpaired) electrons. The Bertz CT molecular complexity index is 497. The van der Waals surface area contributed by atoms with Crippen LogP contribution in [-0.2, 0) is 24.2 Å². The molecule has 0 aliphatic rings. The summed E-state index contributed by atoms with van der Waals surface area (Å²) < 4.78 is 30.7. The number of hydrogen-bond acceptors (Lipinski definition) is 5. The van der Waals surface area contributed by atoms with E-state index in [1.807, 2.05) is 0 Å². The second-order valence-corrected chi connectivity index (χ2v) is 6.29. The SMILES string of the molecule is O=C(C[S+]=S(=O)([O-])[O-])Nc1ccc(Cl)cn1.[Na+].[Na+]. The molecular weight excluding hydrogens is 322 g/mol. The molecule has 0 bridgehead atoms. The van der Waals surface area contributed by atoms with Crippen LogP contribution < -0.4 is 64.4 Å². The van der Waals surface area contributed by atoms with Crippen LogP contribution in [0, 0.1) is 0 Å². The van der Waals surface area contributed by atoms with Gasteiger partial charge >= 0.3 is 59.1 Å². The summed E-state index contributed by atoms with van der Waals surface area (Å²) in [5, 5.41) is 2.72. The Morgan fingerprint density at radius 1 is 1.44 bits per heavy atom. The van der Waals surface area contributed by atoms with E-state index >= 15 is 0 Å². The van der Waals surface area contributed by atoms with Crippen molar-refractivity contribution in [3.05, 3.63) is 23.4 Å². The van der Waals surface area contributed by atoms with Gasteiger partial charge in [0.15, 0.2) is 0 Å². The summed E-state index contributed by atoms with van der Waals surface area (Å²) >= 11 is 5.57. The number of pyridine rings is 1. The Morgan fingerprint density at radius 3 is 2.50 bits per heavy atom. The zero-order chi connectivity index (χ0) is 12.2. The van der Waals surface area contributed by atoms with Crippen LogP contribution in [0.5, 0.6) is 0 Å². The summed E-state index contributed by atoms with van der Waals surface area (Å²) in [6, 6.07) is 2.97. The average molecular weight is 328 g/mol. The largest absolute Gasteiger partial charge is 1.00 e. The number of nitrogens with zero attached hydrogens (tertiary/aromatic N) is 1. The molecule has 0 spiro atoms. The first kappa shape index (κ1) is 21.5. The smallest absolute Gasteiger partial charge is 0.746 e. The van der Waals surface area contributed by atoms with Crippen molar-refractivity contribution in [2.24, 2.45) is 0 Å². The summed E-state index contributed by atoms with van der Waals surface area (Å²) in [6.07, 6.45) is 1.33. The van der Waals surface area contributed by atoms with Crippen LogP contribution in [0.25, 0.3) is 0 Å². The molecule has 0 saturated carbocycles. The number of carbonyl (C=O) groups is 1. The van der Waals surface area contributed by atoms with Crippen molar-refractivity contribution in [3.8, 4) is 0 Å². The third-order valence-corrected chi connectivity index (χ3v) is 3.44. The normalized spacial score (nSPS) is 9.72. The Kier molecular flexibility index (Phi) is 11.9. The van der Waals surface area contributed by atoms with E-state index in [4.69, 9.17) is 11.6 Å². The van der Waals surface area contributed by atoms with E-state index in [2.05, 4.69) is 10.3 Å². The Morgan fingerprint density at radius 2 is 2.06 bits per heavy atom. The number of hydrogen-bond donors (Lipinski definition) is 1. The monoisotopic (exact) mass is 327 g/mol. The summed E-state index contributed by atoms with van der Waals surface area (Å²) in [6.45, 7) is 0. The van der Waals surface area contributed by atoms with Gasteiger partial charge in [0.05, 0.1) is 14.1 Å². The molecule has 0 saturated heterocycles. The minimum Gasteiger partial charge on any atom is -0.746 e. The van der Waals surface area contributed by atoms with Crippen molar-refractivity contribution in [1.29, 1.82) is 0 Å². The Hall–Kier alpha value is 1.20. The minimum atomic E-state index is -4.45. The van der Waals surface area contributed by atoms with Crippen LogP contribution in [-0.4, -0.2) is 30.0 Å². The molecule has 0 atom stereocenters. The van der Waals surface area contributed by atoms with Crippen LogP contribution in [0.2, 0.25) is 5.02 Å². The number of amides is 1. The molecule has 11 heteroatoms. The van der Waals surface area contributed by atoms with Gasteiger partial charge in [-0.15, -0.1) is 0 Å². The zero-order valence-corrected chi connectivity index (χ0v) is 16.1. The van der Waals surface area contributed by atoms with Crippen molar-refractivity contribution < 1.29 is 77.2 Å². The van der Waals surface area contributed by atoms with Gasteiger partial charge in [0.2, 0.25) is 10.3 Å². The number of carbonyl (C=O) groups excluding carboxylic acids is 1. The van der Waals surface area contributed by atoms with Gasteiger partial charge in [-0.3, -0.25) is 4.79 Å². The fourth-order valence-electron chi connectivity index (χ4n) is 0.754. The van der Waals surface area contributed by atoms with Gasteiger partial charge in [-0.1, -0.05) is 11.6 Å². The van der Waals surface area contributed by atoms with E-state index in [-0.39, 0.29) is 75.3 Å². The molecule has 0 aliphatic carbocycles. The van der Waals surface area contributed by atoms with Gasteiger partial charge in [0, 0.05) is 6.20 Å². The average Bonchev–Trinajstić information content (AvgIpc) is 2.18. The molecule has 1 aromatic rings. The van der Waals surface area contributed by atoms with Gasteiger partial charge < -0.3 is 14.4 Å².